The number of rotatable bonds is 3. The maximum atomic E-state index is 11.5. The molecule has 0 radical (unpaired) electrons. The second-order valence-corrected chi connectivity index (χ2v) is 7.14. The van der Waals surface area contributed by atoms with Crippen molar-refractivity contribution >= 4 is 9.84 Å². The third kappa shape index (κ3) is 2.48. The summed E-state index contributed by atoms with van der Waals surface area (Å²) in [5.41, 5.74) is 0. The molecule has 0 amide bonds. The second-order valence-electron chi connectivity index (χ2n) is 4.67. The first-order valence-corrected chi connectivity index (χ1v) is 7.03. The quantitative estimate of drug-likeness (QED) is 0.775. The minimum absolute atomic E-state index is 0.150. The molecule has 3 nitrogen and oxygen atoms in total. The van der Waals surface area contributed by atoms with Gasteiger partial charge in [-0.3, -0.25) is 0 Å². The van der Waals surface area contributed by atoms with Gasteiger partial charge in [0.1, 0.15) is 0 Å². The lowest BCUT2D eigenvalue weighted by molar-refractivity contribution is 0.369. The highest BCUT2D eigenvalue weighted by atomic mass is 32.2. The van der Waals surface area contributed by atoms with E-state index in [1.54, 1.807) is 0 Å². The molecule has 1 aliphatic rings. The predicted molar refractivity (Wildman–Crippen MR) is 59.1 cm³/mol. The summed E-state index contributed by atoms with van der Waals surface area (Å²) in [6.07, 6.45) is 0.764. The van der Waals surface area contributed by atoms with Gasteiger partial charge in [0, 0.05) is 12.1 Å². The van der Waals surface area contributed by atoms with Gasteiger partial charge in [-0.1, -0.05) is 13.8 Å². The van der Waals surface area contributed by atoms with Crippen molar-refractivity contribution in [3.8, 4) is 0 Å². The van der Waals surface area contributed by atoms with E-state index >= 15 is 0 Å². The van der Waals surface area contributed by atoms with E-state index in [1.165, 1.54) is 0 Å². The van der Waals surface area contributed by atoms with Gasteiger partial charge in [0.15, 0.2) is 9.84 Å². The summed E-state index contributed by atoms with van der Waals surface area (Å²) in [6.45, 7) is 8.22. The van der Waals surface area contributed by atoms with Crippen LogP contribution in [0.1, 0.15) is 34.1 Å². The van der Waals surface area contributed by atoms with Crippen molar-refractivity contribution in [3.05, 3.63) is 0 Å². The van der Waals surface area contributed by atoms with Crippen LogP contribution in [0.4, 0.5) is 0 Å². The van der Waals surface area contributed by atoms with E-state index in [2.05, 4.69) is 26.1 Å². The molecule has 1 saturated heterocycles. The van der Waals surface area contributed by atoms with Crippen LogP contribution in [-0.2, 0) is 9.84 Å². The second kappa shape index (κ2) is 4.19. The smallest absolute Gasteiger partial charge is 0.154 e. The Morgan fingerprint density at radius 2 is 1.86 bits per heavy atom. The molecular formula is C10H21NO2S. The van der Waals surface area contributed by atoms with Crippen molar-refractivity contribution in [3.63, 3.8) is 0 Å². The van der Waals surface area contributed by atoms with Crippen LogP contribution in [0.2, 0.25) is 0 Å². The minimum Gasteiger partial charge on any atom is -0.310 e. The number of hydrogen-bond acceptors (Lipinski definition) is 3. The first-order valence-electron chi connectivity index (χ1n) is 5.32. The van der Waals surface area contributed by atoms with Gasteiger partial charge in [0.25, 0.3) is 0 Å². The van der Waals surface area contributed by atoms with Crippen molar-refractivity contribution in [1.29, 1.82) is 0 Å². The number of hydrogen-bond donors (Lipinski definition) is 1. The molecule has 0 bridgehead atoms. The normalized spacial score (nSPS) is 33.5. The van der Waals surface area contributed by atoms with Crippen LogP contribution in [0.15, 0.2) is 0 Å². The zero-order valence-electron chi connectivity index (χ0n) is 9.45. The van der Waals surface area contributed by atoms with E-state index in [0.29, 0.717) is 17.7 Å². The van der Waals surface area contributed by atoms with Crippen LogP contribution < -0.4 is 5.32 Å². The third-order valence-electron chi connectivity index (χ3n) is 3.32. The van der Waals surface area contributed by atoms with Crippen molar-refractivity contribution in [1.82, 2.24) is 5.32 Å². The highest BCUT2D eigenvalue weighted by Crippen LogP contribution is 2.21. The van der Waals surface area contributed by atoms with E-state index in [9.17, 15) is 8.42 Å². The van der Waals surface area contributed by atoms with E-state index in [1.807, 2.05) is 6.92 Å². The first kappa shape index (κ1) is 12.0. The fourth-order valence-corrected chi connectivity index (χ4v) is 3.38. The Morgan fingerprint density at radius 1 is 1.29 bits per heavy atom. The Balaban J connectivity index is 2.57. The topological polar surface area (TPSA) is 46.2 Å². The van der Waals surface area contributed by atoms with Gasteiger partial charge in [-0.25, -0.2) is 8.42 Å². The summed E-state index contributed by atoms with van der Waals surface area (Å²) in [5.74, 6) is 0.891. The van der Waals surface area contributed by atoms with Crippen molar-refractivity contribution < 1.29 is 8.42 Å². The molecule has 14 heavy (non-hydrogen) atoms. The lowest BCUT2D eigenvalue weighted by atomic mass is 10.0. The van der Waals surface area contributed by atoms with E-state index in [4.69, 9.17) is 0 Å². The number of nitrogens with one attached hydrogen (secondary N) is 1. The Kier molecular flexibility index (Phi) is 3.58. The lowest BCUT2D eigenvalue weighted by Gasteiger charge is -2.24. The van der Waals surface area contributed by atoms with Crippen LogP contribution in [0.3, 0.4) is 0 Å². The summed E-state index contributed by atoms with van der Waals surface area (Å²) in [7, 11) is -2.81. The molecule has 1 rings (SSSR count). The zero-order valence-corrected chi connectivity index (χ0v) is 10.3. The summed E-state index contributed by atoms with van der Waals surface area (Å²) >= 11 is 0. The number of sulfone groups is 1. The fraction of sp³-hybridized carbons (Fsp3) is 1.00. The van der Waals surface area contributed by atoms with Crippen molar-refractivity contribution in [2.45, 2.75) is 51.4 Å². The average molecular weight is 219 g/mol. The molecule has 0 aliphatic carbocycles. The van der Waals surface area contributed by atoms with Crippen LogP contribution in [0.5, 0.6) is 0 Å². The molecule has 1 N–H and O–H groups in total. The van der Waals surface area contributed by atoms with Crippen LogP contribution >= 0.6 is 0 Å². The Hall–Kier alpha value is -0.0900. The summed E-state index contributed by atoms with van der Waals surface area (Å²) in [5, 5.41) is 3.19. The Labute approximate surface area is 87.2 Å². The maximum Gasteiger partial charge on any atom is 0.154 e. The Bertz CT molecular complexity index is 284. The SMILES string of the molecule is CC(C)C(C)NC1CCS(=O)(=O)C1C. The monoisotopic (exact) mass is 219 g/mol. The third-order valence-corrected chi connectivity index (χ3v) is 5.59. The van der Waals surface area contributed by atoms with Crippen molar-refractivity contribution in [2.24, 2.45) is 5.92 Å². The van der Waals surface area contributed by atoms with Crippen LogP contribution in [-0.4, -0.2) is 31.5 Å². The van der Waals surface area contributed by atoms with Crippen LogP contribution in [0.25, 0.3) is 0 Å². The minimum atomic E-state index is -2.81. The Morgan fingerprint density at radius 3 is 2.21 bits per heavy atom. The average Bonchev–Trinajstić information content (AvgIpc) is 2.32. The zero-order chi connectivity index (χ0) is 10.9. The molecule has 0 aromatic carbocycles. The predicted octanol–water partition coefficient (Wildman–Crippen LogP) is 1.20. The molecule has 1 fully saturated rings. The fourth-order valence-electron chi connectivity index (χ4n) is 1.71. The van der Waals surface area contributed by atoms with Gasteiger partial charge < -0.3 is 5.32 Å². The molecule has 84 valence electrons. The molecular weight excluding hydrogens is 198 g/mol. The largest absolute Gasteiger partial charge is 0.310 e. The molecule has 3 atom stereocenters. The highest BCUT2D eigenvalue weighted by Gasteiger charge is 2.37. The van der Waals surface area contributed by atoms with Gasteiger partial charge in [-0.05, 0) is 26.2 Å². The van der Waals surface area contributed by atoms with Gasteiger partial charge >= 0.3 is 0 Å². The van der Waals surface area contributed by atoms with Gasteiger partial charge in [0.05, 0.1) is 11.0 Å². The molecule has 4 heteroatoms. The summed E-state index contributed by atoms with van der Waals surface area (Å²) in [4.78, 5) is 0. The molecule has 0 spiro atoms. The van der Waals surface area contributed by atoms with Gasteiger partial charge in [-0.15, -0.1) is 0 Å². The van der Waals surface area contributed by atoms with E-state index < -0.39 is 9.84 Å². The standard InChI is InChI=1S/C10H21NO2S/c1-7(2)8(3)11-10-5-6-14(12,13)9(10)4/h7-11H,5-6H2,1-4H3. The first-order chi connectivity index (χ1) is 6.34. The molecule has 0 saturated carbocycles. The summed E-state index contributed by atoms with van der Waals surface area (Å²) in [6, 6.07) is 0.535. The molecule has 0 aromatic rings. The highest BCUT2D eigenvalue weighted by molar-refractivity contribution is 7.92. The van der Waals surface area contributed by atoms with Gasteiger partial charge in [-0.2, -0.15) is 0 Å². The van der Waals surface area contributed by atoms with Crippen LogP contribution in [0, 0.1) is 5.92 Å². The lowest BCUT2D eigenvalue weighted by Crippen LogP contribution is -2.43. The molecule has 0 aromatic heterocycles. The maximum absolute atomic E-state index is 11.5. The summed E-state index contributed by atoms with van der Waals surface area (Å²) < 4.78 is 23.0. The van der Waals surface area contributed by atoms with Crippen molar-refractivity contribution in [2.75, 3.05) is 5.75 Å². The molecule has 1 heterocycles. The molecule has 1 aliphatic heterocycles. The van der Waals surface area contributed by atoms with Gasteiger partial charge in [0.2, 0.25) is 0 Å². The molecule has 3 unspecified atom stereocenters. The van der Waals surface area contributed by atoms with E-state index in [0.717, 1.165) is 6.42 Å². The van der Waals surface area contributed by atoms with E-state index in [-0.39, 0.29) is 11.3 Å².